The van der Waals surface area contributed by atoms with Gasteiger partial charge >= 0.3 is 12.1 Å². The lowest BCUT2D eigenvalue weighted by atomic mass is 9.93. The maximum Gasteiger partial charge on any atom is 0.416 e. The van der Waals surface area contributed by atoms with Crippen LogP contribution in [0.25, 0.3) is 11.1 Å². The highest BCUT2D eigenvalue weighted by Gasteiger charge is 2.30. The van der Waals surface area contributed by atoms with Crippen molar-refractivity contribution in [2.45, 2.75) is 39.9 Å². The van der Waals surface area contributed by atoms with Gasteiger partial charge in [0.15, 0.2) is 0 Å². The van der Waals surface area contributed by atoms with E-state index in [9.17, 15) is 18.0 Å². The van der Waals surface area contributed by atoms with E-state index in [1.165, 1.54) is 12.1 Å². The molecule has 0 aliphatic carbocycles. The first-order chi connectivity index (χ1) is 14.2. The van der Waals surface area contributed by atoms with Gasteiger partial charge in [-0.2, -0.15) is 18.3 Å². The second-order valence-electron chi connectivity index (χ2n) is 7.04. The molecule has 158 valence electrons. The summed E-state index contributed by atoms with van der Waals surface area (Å²) in [6, 6.07) is 12.9. The first-order valence-electron chi connectivity index (χ1n) is 9.64. The number of hydrogen-bond acceptors (Lipinski definition) is 3. The molecular formula is C23H23F3N2O2. The minimum Gasteiger partial charge on any atom is -0.465 e. The van der Waals surface area contributed by atoms with Crippen molar-refractivity contribution in [1.82, 2.24) is 9.78 Å². The van der Waals surface area contributed by atoms with Crippen molar-refractivity contribution < 1.29 is 22.7 Å². The predicted molar refractivity (Wildman–Crippen MR) is 108 cm³/mol. The summed E-state index contributed by atoms with van der Waals surface area (Å²) in [6.07, 6.45) is -4.03. The molecule has 0 atom stereocenters. The SMILES string of the molecule is CCOC(=O)Cn1nc(C)c(-c2ccccc2Cc2cccc(C(F)(F)F)c2)c1C. The summed E-state index contributed by atoms with van der Waals surface area (Å²) >= 11 is 0. The Bertz CT molecular complexity index is 1050. The van der Waals surface area contributed by atoms with Crippen LogP contribution in [0.3, 0.4) is 0 Å². The minimum atomic E-state index is -4.38. The molecule has 4 nitrogen and oxygen atoms in total. The smallest absolute Gasteiger partial charge is 0.416 e. The first-order valence-corrected chi connectivity index (χ1v) is 9.64. The third-order valence-corrected chi connectivity index (χ3v) is 4.90. The van der Waals surface area contributed by atoms with E-state index >= 15 is 0 Å². The van der Waals surface area contributed by atoms with Crippen molar-refractivity contribution in [3.05, 3.63) is 76.6 Å². The van der Waals surface area contributed by atoms with Crippen LogP contribution in [0.2, 0.25) is 0 Å². The molecule has 3 rings (SSSR count). The fourth-order valence-electron chi connectivity index (χ4n) is 3.57. The van der Waals surface area contributed by atoms with Crippen molar-refractivity contribution >= 4 is 5.97 Å². The molecule has 0 fully saturated rings. The second kappa shape index (κ2) is 8.73. The van der Waals surface area contributed by atoms with Gasteiger partial charge < -0.3 is 4.74 Å². The average molecular weight is 416 g/mol. The lowest BCUT2D eigenvalue weighted by Gasteiger charge is -2.13. The van der Waals surface area contributed by atoms with Gasteiger partial charge in [-0.1, -0.05) is 42.5 Å². The van der Waals surface area contributed by atoms with Crippen molar-refractivity contribution in [3.63, 3.8) is 0 Å². The molecule has 0 amide bonds. The Morgan fingerprint density at radius 2 is 1.83 bits per heavy atom. The van der Waals surface area contributed by atoms with E-state index in [1.807, 2.05) is 38.1 Å². The number of ether oxygens (including phenoxy) is 1. The van der Waals surface area contributed by atoms with Gasteiger partial charge in [0.05, 0.1) is 17.9 Å². The molecule has 1 heterocycles. The van der Waals surface area contributed by atoms with Crippen molar-refractivity contribution in [1.29, 1.82) is 0 Å². The highest BCUT2D eigenvalue weighted by molar-refractivity contribution is 5.74. The van der Waals surface area contributed by atoms with Crippen LogP contribution in [0.1, 0.15) is 35.0 Å². The molecule has 30 heavy (non-hydrogen) atoms. The molecule has 2 aromatic carbocycles. The van der Waals surface area contributed by atoms with E-state index in [-0.39, 0.29) is 12.5 Å². The molecular weight excluding hydrogens is 393 g/mol. The zero-order chi connectivity index (χ0) is 21.9. The zero-order valence-electron chi connectivity index (χ0n) is 17.1. The quantitative estimate of drug-likeness (QED) is 0.510. The van der Waals surface area contributed by atoms with Gasteiger partial charge in [0.1, 0.15) is 6.54 Å². The van der Waals surface area contributed by atoms with Crippen LogP contribution in [0.4, 0.5) is 13.2 Å². The topological polar surface area (TPSA) is 44.1 Å². The number of carbonyl (C=O) groups is 1. The summed E-state index contributed by atoms with van der Waals surface area (Å²) in [6.45, 7) is 5.77. The monoisotopic (exact) mass is 416 g/mol. The Labute approximate surface area is 173 Å². The summed E-state index contributed by atoms with van der Waals surface area (Å²) in [4.78, 5) is 11.9. The Kier molecular flexibility index (Phi) is 6.29. The molecule has 7 heteroatoms. The Balaban J connectivity index is 1.97. The van der Waals surface area contributed by atoms with Gasteiger partial charge in [-0.25, -0.2) is 0 Å². The minimum absolute atomic E-state index is 0.0102. The largest absolute Gasteiger partial charge is 0.465 e. The lowest BCUT2D eigenvalue weighted by molar-refractivity contribution is -0.144. The maximum atomic E-state index is 13.1. The number of aromatic nitrogens is 2. The number of halogens is 3. The molecule has 0 unspecified atom stereocenters. The summed E-state index contributed by atoms with van der Waals surface area (Å²) in [5.41, 5.74) is 4.12. The summed E-state index contributed by atoms with van der Waals surface area (Å²) in [7, 11) is 0. The lowest BCUT2D eigenvalue weighted by Crippen LogP contribution is -2.15. The molecule has 0 aliphatic heterocycles. The molecule has 0 N–H and O–H groups in total. The molecule has 0 saturated carbocycles. The number of rotatable bonds is 6. The predicted octanol–water partition coefficient (Wildman–Crippen LogP) is 5.34. The van der Waals surface area contributed by atoms with Gasteiger partial charge in [-0.05, 0) is 49.9 Å². The summed E-state index contributed by atoms with van der Waals surface area (Å²) in [5.74, 6) is -0.369. The molecule has 1 aromatic heterocycles. The number of hydrogen-bond donors (Lipinski definition) is 0. The van der Waals surface area contributed by atoms with Crippen molar-refractivity contribution in [2.24, 2.45) is 0 Å². The maximum absolute atomic E-state index is 13.1. The van der Waals surface area contributed by atoms with Crippen LogP contribution >= 0.6 is 0 Å². The van der Waals surface area contributed by atoms with Gasteiger partial charge in [-0.15, -0.1) is 0 Å². The van der Waals surface area contributed by atoms with E-state index in [2.05, 4.69) is 5.10 Å². The number of alkyl halides is 3. The highest BCUT2D eigenvalue weighted by Crippen LogP contribution is 2.33. The van der Waals surface area contributed by atoms with Gasteiger partial charge in [0.25, 0.3) is 0 Å². The van der Waals surface area contributed by atoms with E-state index in [1.54, 1.807) is 17.7 Å². The van der Waals surface area contributed by atoms with E-state index < -0.39 is 11.7 Å². The van der Waals surface area contributed by atoms with Crippen LogP contribution < -0.4 is 0 Å². The van der Waals surface area contributed by atoms with Crippen LogP contribution in [-0.2, 0) is 28.7 Å². The van der Waals surface area contributed by atoms with E-state index in [0.717, 1.165) is 34.1 Å². The van der Waals surface area contributed by atoms with Gasteiger partial charge in [0.2, 0.25) is 0 Å². The zero-order valence-corrected chi connectivity index (χ0v) is 17.1. The summed E-state index contributed by atoms with van der Waals surface area (Å²) in [5, 5.41) is 4.47. The van der Waals surface area contributed by atoms with Crippen LogP contribution in [0.15, 0.2) is 48.5 Å². The van der Waals surface area contributed by atoms with Crippen molar-refractivity contribution in [2.75, 3.05) is 6.61 Å². The molecule has 0 saturated heterocycles. The van der Waals surface area contributed by atoms with Crippen LogP contribution in [0, 0.1) is 13.8 Å². The number of carbonyl (C=O) groups excluding carboxylic acids is 1. The summed E-state index contributed by atoms with van der Waals surface area (Å²) < 4.78 is 45.8. The van der Waals surface area contributed by atoms with Gasteiger partial charge in [0, 0.05) is 11.3 Å². The number of esters is 1. The Hall–Kier alpha value is -3.09. The number of nitrogens with zero attached hydrogens (tertiary/aromatic N) is 2. The molecule has 0 bridgehead atoms. The second-order valence-corrected chi connectivity index (χ2v) is 7.04. The highest BCUT2D eigenvalue weighted by atomic mass is 19.4. The standard InChI is InChI=1S/C23H23F3N2O2/c1-4-30-21(29)14-28-16(3)22(15(2)27-28)20-11-6-5-9-18(20)12-17-8-7-10-19(13-17)23(24,25)26/h5-11,13H,4,12,14H2,1-3H3. The van der Waals surface area contributed by atoms with E-state index in [0.29, 0.717) is 18.6 Å². The molecule has 3 aromatic rings. The molecule has 0 spiro atoms. The number of aryl methyl sites for hydroxylation is 1. The molecule has 0 aliphatic rings. The third-order valence-electron chi connectivity index (χ3n) is 4.90. The van der Waals surface area contributed by atoms with E-state index in [4.69, 9.17) is 4.74 Å². The normalized spacial score (nSPS) is 11.5. The van der Waals surface area contributed by atoms with Crippen LogP contribution in [0.5, 0.6) is 0 Å². The average Bonchev–Trinajstić information content (AvgIpc) is 2.95. The number of benzene rings is 2. The fourth-order valence-corrected chi connectivity index (χ4v) is 3.57. The van der Waals surface area contributed by atoms with Gasteiger partial charge in [-0.3, -0.25) is 9.48 Å². The van der Waals surface area contributed by atoms with Crippen LogP contribution in [-0.4, -0.2) is 22.4 Å². The first kappa shape index (κ1) is 21.6. The fraction of sp³-hybridized carbons (Fsp3) is 0.304. The Morgan fingerprint density at radius 1 is 1.10 bits per heavy atom. The Morgan fingerprint density at radius 3 is 2.53 bits per heavy atom. The third kappa shape index (κ3) is 4.72. The molecule has 0 radical (unpaired) electrons. The van der Waals surface area contributed by atoms with Crippen molar-refractivity contribution in [3.8, 4) is 11.1 Å².